The predicted molar refractivity (Wildman–Crippen MR) is 337 cm³/mol. The van der Waals surface area contributed by atoms with E-state index in [2.05, 4.69) is 192 Å². The van der Waals surface area contributed by atoms with Gasteiger partial charge in [-0.3, -0.25) is 0 Å². The monoisotopic (exact) mass is 1070 g/mol. The van der Waals surface area contributed by atoms with Crippen molar-refractivity contribution in [3.63, 3.8) is 0 Å². The third-order valence-corrected chi connectivity index (χ3v) is 16.4. The van der Waals surface area contributed by atoms with Crippen LogP contribution in [0.1, 0.15) is 270 Å². The molecule has 78 heavy (non-hydrogen) atoms. The molecule has 2 aliphatic rings. The summed E-state index contributed by atoms with van der Waals surface area (Å²) in [6, 6.07) is 42.7. The van der Waals surface area contributed by atoms with E-state index in [1.165, 1.54) is 137 Å². The van der Waals surface area contributed by atoms with Gasteiger partial charge >= 0.3 is 0 Å². The molecule has 0 saturated heterocycles. The van der Waals surface area contributed by atoms with Crippen molar-refractivity contribution in [3.8, 4) is 28.7 Å². The second-order valence-electron chi connectivity index (χ2n) is 22.9. The van der Waals surface area contributed by atoms with Crippen LogP contribution in [0.4, 0.5) is 0 Å². The average Bonchev–Trinajstić information content (AvgIpc) is 3.49. The summed E-state index contributed by atoms with van der Waals surface area (Å²) in [6.45, 7) is 31.8. The first-order valence-corrected chi connectivity index (χ1v) is 31.3. The summed E-state index contributed by atoms with van der Waals surface area (Å²) in [5.41, 5.74) is 7.02. The van der Waals surface area contributed by atoms with E-state index in [1.807, 2.05) is 26.0 Å². The highest BCUT2D eigenvalue weighted by molar-refractivity contribution is 5.32. The summed E-state index contributed by atoms with van der Waals surface area (Å²) >= 11 is 0. The maximum absolute atomic E-state index is 6.12. The van der Waals surface area contributed by atoms with Gasteiger partial charge in [-0.1, -0.05) is 175 Å². The van der Waals surface area contributed by atoms with Crippen LogP contribution in [-0.4, -0.2) is 32.0 Å². The van der Waals surface area contributed by atoms with Crippen LogP contribution in [0.2, 0.25) is 0 Å². The lowest BCUT2D eigenvalue weighted by molar-refractivity contribution is 0.123. The Morgan fingerprint density at radius 1 is 0.372 bits per heavy atom. The van der Waals surface area contributed by atoms with Gasteiger partial charge in [0.25, 0.3) is 0 Å². The van der Waals surface area contributed by atoms with Crippen molar-refractivity contribution in [1.29, 1.82) is 0 Å². The van der Waals surface area contributed by atoms with E-state index < -0.39 is 0 Å². The molecular weight excluding hydrogens is 957 g/mol. The number of rotatable bonds is 23. The van der Waals surface area contributed by atoms with Crippen LogP contribution in [0.25, 0.3) is 0 Å². The van der Waals surface area contributed by atoms with Gasteiger partial charge < -0.3 is 23.7 Å². The number of ether oxygens (including phenoxy) is 5. The number of methoxy groups -OCH3 is 1. The molecule has 0 amide bonds. The second-order valence-corrected chi connectivity index (χ2v) is 22.9. The smallest absolute Gasteiger partial charge is 0.119 e. The predicted octanol–water partition coefficient (Wildman–Crippen LogP) is 22.4. The summed E-state index contributed by atoms with van der Waals surface area (Å²) in [4.78, 5) is 0. The first kappa shape index (κ1) is 67.4. The third kappa shape index (κ3) is 26.4. The van der Waals surface area contributed by atoms with Crippen LogP contribution in [0.3, 0.4) is 0 Å². The van der Waals surface area contributed by atoms with Crippen molar-refractivity contribution in [3.05, 3.63) is 149 Å². The van der Waals surface area contributed by atoms with Crippen molar-refractivity contribution in [2.24, 2.45) is 5.92 Å². The number of unbranched alkanes of at least 4 members (excludes halogenated alkanes) is 2. The van der Waals surface area contributed by atoms with Crippen molar-refractivity contribution in [1.82, 2.24) is 0 Å². The zero-order valence-corrected chi connectivity index (χ0v) is 52.2. The van der Waals surface area contributed by atoms with Crippen molar-refractivity contribution < 1.29 is 23.7 Å². The second kappa shape index (κ2) is 39.5. The molecule has 0 N–H and O–H groups in total. The fraction of sp³-hybridized carbons (Fsp3) is 0.589. The van der Waals surface area contributed by atoms with Gasteiger partial charge in [-0.05, 0) is 222 Å². The van der Waals surface area contributed by atoms with Gasteiger partial charge in [0.2, 0.25) is 0 Å². The highest BCUT2D eigenvalue weighted by Crippen LogP contribution is 2.31. The van der Waals surface area contributed by atoms with Crippen LogP contribution in [0.5, 0.6) is 28.7 Å². The standard InChI is InChI=1S/C18H28O.C16H24O.C15H24O.C13H20O.C11H16O/c1-4-14(2)16-10-12-18(13-11-16)19-15(3)17-8-6-5-7-9-17;1-3-13(2)14-9-11-16(12-10-14)17-15-7-5-4-6-8-15;1-4-6-7-12-16-15-10-8-14(9-11-15)13(3)5-2;1-5-11(4)12-6-8-13(9-7-12)14-10(2)3;1-4-9(2)10-5-7-11(12-3)8-6-10/h10-15,17H,4-9H2,1-3H3;9-13,15H,3-8H2,1-2H3;8-11,13H,4-7,12H2,1-3H3;6-11H,5H2,1-4H3;5-9H,4H2,1-3H3. The van der Waals surface area contributed by atoms with E-state index >= 15 is 0 Å². The summed E-state index contributed by atoms with van der Waals surface area (Å²) in [6.07, 6.45) is 24.0. The van der Waals surface area contributed by atoms with E-state index in [9.17, 15) is 0 Å². The van der Waals surface area contributed by atoms with Crippen LogP contribution in [-0.2, 0) is 0 Å². The van der Waals surface area contributed by atoms with Crippen molar-refractivity contribution in [2.75, 3.05) is 13.7 Å². The maximum atomic E-state index is 6.12. The van der Waals surface area contributed by atoms with Crippen molar-refractivity contribution >= 4 is 0 Å². The molecule has 5 heteroatoms. The van der Waals surface area contributed by atoms with E-state index in [1.54, 1.807) is 7.11 Å². The molecular formula is C73H112O5. The molecule has 5 aromatic rings. The zero-order valence-electron chi connectivity index (χ0n) is 52.2. The quantitative estimate of drug-likeness (QED) is 0.0610. The average molecular weight is 1070 g/mol. The van der Waals surface area contributed by atoms with Gasteiger partial charge in [0, 0.05) is 0 Å². The highest BCUT2D eigenvalue weighted by atomic mass is 16.5. The van der Waals surface area contributed by atoms with E-state index in [0.29, 0.717) is 41.8 Å². The molecule has 0 radical (unpaired) electrons. The molecule has 2 aliphatic carbocycles. The maximum Gasteiger partial charge on any atom is 0.119 e. The Morgan fingerprint density at radius 2 is 0.705 bits per heavy atom. The molecule has 5 nitrogen and oxygen atoms in total. The number of hydrogen-bond acceptors (Lipinski definition) is 5. The van der Waals surface area contributed by atoms with Crippen LogP contribution < -0.4 is 23.7 Å². The first-order chi connectivity index (χ1) is 37.7. The summed E-state index contributed by atoms with van der Waals surface area (Å²) in [7, 11) is 1.69. The summed E-state index contributed by atoms with van der Waals surface area (Å²) < 4.78 is 28.5. The van der Waals surface area contributed by atoms with E-state index in [4.69, 9.17) is 23.7 Å². The fourth-order valence-electron chi connectivity index (χ4n) is 9.73. The molecule has 5 aromatic carbocycles. The highest BCUT2D eigenvalue weighted by Gasteiger charge is 2.21. The van der Waals surface area contributed by atoms with Crippen LogP contribution in [0.15, 0.2) is 121 Å². The molecule has 6 unspecified atom stereocenters. The Bertz CT molecular complexity index is 2180. The molecule has 0 aliphatic heterocycles. The van der Waals surface area contributed by atoms with Gasteiger partial charge in [-0.15, -0.1) is 0 Å². The van der Waals surface area contributed by atoms with Crippen molar-refractivity contribution in [2.45, 2.75) is 260 Å². The zero-order chi connectivity index (χ0) is 57.1. The Hall–Kier alpha value is -4.90. The lowest BCUT2D eigenvalue weighted by Crippen LogP contribution is -2.25. The topological polar surface area (TPSA) is 46.2 Å². The van der Waals surface area contributed by atoms with Gasteiger partial charge in [0.1, 0.15) is 28.7 Å². The SMILES string of the molecule is CCC(C)c1ccc(OC(C)C)cc1.CCC(C)c1ccc(OC(C)C2CCCCC2)cc1.CCC(C)c1ccc(OC)cc1.CCC(C)c1ccc(OC2CCCCC2)cc1.CCCCCOc1ccc(C(C)CC)cc1. The normalized spacial score (nSPS) is 15.8. The molecule has 0 heterocycles. The van der Waals surface area contributed by atoms with Gasteiger partial charge in [-0.2, -0.15) is 0 Å². The molecule has 6 atom stereocenters. The molecule has 2 fully saturated rings. The third-order valence-electron chi connectivity index (χ3n) is 16.4. The Labute approximate surface area is 479 Å². The molecule has 2 saturated carbocycles. The number of benzene rings is 5. The molecule has 0 bridgehead atoms. The first-order valence-electron chi connectivity index (χ1n) is 31.3. The molecule has 434 valence electrons. The summed E-state index contributed by atoms with van der Waals surface area (Å²) in [5.74, 6) is 8.96. The molecule has 7 rings (SSSR count). The minimum Gasteiger partial charge on any atom is -0.497 e. The van der Waals surface area contributed by atoms with Gasteiger partial charge in [0.15, 0.2) is 0 Å². The lowest BCUT2D eigenvalue weighted by Gasteiger charge is -2.28. The van der Waals surface area contributed by atoms with E-state index in [-0.39, 0.29) is 6.10 Å². The van der Waals surface area contributed by atoms with Crippen LogP contribution >= 0.6 is 0 Å². The molecule has 0 aromatic heterocycles. The Kier molecular flexibility index (Phi) is 34.1. The Morgan fingerprint density at radius 3 is 1.05 bits per heavy atom. The fourth-order valence-corrected chi connectivity index (χ4v) is 9.73. The number of hydrogen-bond donors (Lipinski definition) is 0. The van der Waals surface area contributed by atoms with Gasteiger partial charge in [0.05, 0.1) is 32.0 Å². The lowest BCUT2D eigenvalue weighted by atomic mass is 9.86. The van der Waals surface area contributed by atoms with E-state index in [0.717, 1.165) is 47.7 Å². The minimum atomic E-state index is 0.254. The molecule has 0 spiro atoms. The summed E-state index contributed by atoms with van der Waals surface area (Å²) in [5, 5.41) is 0. The Balaban J connectivity index is 0.000000259. The van der Waals surface area contributed by atoms with Gasteiger partial charge in [-0.25, -0.2) is 0 Å². The minimum absolute atomic E-state index is 0.254. The largest absolute Gasteiger partial charge is 0.497 e. The van der Waals surface area contributed by atoms with Crippen LogP contribution in [0, 0.1) is 5.92 Å².